The Morgan fingerprint density at radius 3 is 2.60 bits per heavy atom. The van der Waals surface area contributed by atoms with Gasteiger partial charge in [-0.2, -0.15) is 5.10 Å². The highest BCUT2D eigenvalue weighted by Crippen LogP contribution is 2.23. The predicted molar refractivity (Wildman–Crippen MR) is 77.7 cm³/mol. The third-order valence-corrected chi connectivity index (χ3v) is 3.94. The van der Waals surface area contributed by atoms with Crippen molar-refractivity contribution in [1.29, 1.82) is 0 Å². The molecule has 0 aliphatic carbocycles. The average Bonchev–Trinajstić information content (AvgIpc) is 2.93. The van der Waals surface area contributed by atoms with E-state index in [9.17, 15) is 9.90 Å². The lowest BCUT2D eigenvalue weighted by molar-refractivity contribution is 0.0755. The number of aliphatic hydroxyl groups is 1. The van der Waals surface area contributed by atoms with Crippen molar-refractivity contribution in [2.24, 2.45) is 5.92 Å². The van der Waals surface area contributed by atoms with Gasteiger partial charge >= 0.3 is 0 Å². The molecule has 0 bridgehead atoms. The van der Waals surface area contributed by atoms with Crippen LogP contribution in [0.4, 0.5) is 0 Å². The van der Waals surface area contributed by atoms with E-state index in [0.29, 0.717) is 18.8 Å². The maximum atomic E-state index is 12.5. The van der Waals surface area contributed by atoms with Gasteiger partial charge in [0.05, 0.1) is 11.6 Å². The number of hydrogen-bond acceptors (Lipinski definition) is 3. The van der Waals surface area contributed by atoms with E-state index in [2.05, 4.69) is 25.9 Å². The summed E-state index contributed by atoms with van der Waals surface area (Å²) in [7, 11) is 0. The lowest BCUT2D eigenvalue weighted by Crippen LogP contribution is -2.31. The largest absolute Gasteiger partial charge is 0.393 e. The molecule has 2 unspecified atom stereocenters. The van der Waals surface area contributed by atoms with Gasteiger partial charge in [0.1, 0.15) is 0 Å². The zero-order valence-corrected chi connectivity index (χ0v) is 13.1. The number of likely N-dealkylation sites (tertiary alicyclic amines) is 1. The van der Waals surface area contributed by atoms with Crippen LogP contribution >= 0.6 is 0 Å². The summed E-state index contributed by atoms with van der Waals surface area (Å²) in [6.07, 6.45) is 0.504. The van der Waals surface area contributed by atoms with E-state index in [4.69, 9.17) is 0 Å². The summed E-state index contributed by atoms with van der Waals surface area (Å²) < 4.78 is 1.89. The second-order valence-electron chi connectivity index (χ2n) is 6.79. The summed E-state index contributed by atoms with van der Waals surface area (Å²) >= 11 is 0. The maximum absolute atomic E-state index is 12.5. The molecule has 1 aromatic heterocycles. The number of carbonyl (C=O) groups is 1. The highest BCUT2D eigenvalue weighted by molar-refractivity contribution is 5.92. The molecule has 0 saturated carbocycles. The minimum absolute atomic E-state index is 0.0285. The van der Waals surface area contributed by atoms with E-state index in [1.807, 2.05) is 17.7 Å². The first-order valence-corrected chi connectivity index (χ1v) is 7.24. The summed E-state index contributed by atoms with van der Waals surface area (Å²) in [5.41, 5.74) is 1.37. The van der Waals surface area contributed by atoms with Crippen molar-refractivity contribution in [3.63, 3.8) is 0 Å². The Morgan fingerprint density at radius 1 is 1.50 bits per heavy atom. The minimum atomic E-state index is -0.360. The van der Waals surface area contributed by atoms with Gasteiger partial charge in [-0.05, 0) is 47.1 Å². The van der Waals surface area contributed by atoms with E-state index in [1.165, 1.54) is 0 Å². The van der Waals surface area contributed by atoms with Crippen LogP contribution in [-0.2, 0) is 5.54 Å². The summed E-state index contributed by atoms with van der Waals surface area (Å²) in [5.74, 6) is 0.156. The van der Waals surface area contributed by atoms with Crippen LogP contribution in [0.25, 0.3) is 0 Å². The van der Waals surface area contributed by atoms with E-state index in [1.54, 1.807) is 11.8 Å². The van der Waals surface area contributed by atoms with Crippen molar-refractivity contribution in [3.05, 3.63) is 17.5 Å². The first-order chi connectivity index (χ1) is 9.20. The Kier molecular flexibility index (Phi) is 3.91. The number of hydrogen-bond donors (Lipinski definition) is 1. The molecule has 1 aliphatic rings. The van der Waals surface area contributed by atoms with Gasteiger partial charge in [-0.1, -0.05) is 0 Å². The zero-order chi connectivity index (χ0) is 15.1. The maximum Gasteiger partial charge on any atom is 0.274 e. The molecule has 0 spiro atoms. The van der Waals surface area contributed by atoms with Gasteiger partial charge in [0, 0.05) is 24.7 Å². The van der Waals surface area contributed by atoms with Crippen molar-refractivity contribution in [2.75, 3.05) is 13.1 Å². The van der Waals surface area contributed by atoms with Gasteiger partial charge in [0.25, 0.3) is 5.91 Å². The van der Waals surface area contributed by atoms with E-state index >= 15 is 0 Å². The third kappa shape index (κ3) is 2.87. The molecule has 0 aromatic carbocycles. The summed E-state index contributed by atoms with van der Waals surface area (Å²) in [4.78, 5) is 14.3. The smallest absolute Gasteiger partial charge is 0.274 e. The standard InChI is InChI=1S/C15H25N3O2/c1-10-8-13(16-18(10)15(3,4)5)14(20)17-7-6-12(9-17)11(2)19/h8,11-12,19H,6-7,9H2,1-5H3. The molecular formula is C15H25N3O2. The number of rotatable bonds is 2. The number of nitrogens with zero attached hydrogens (tertiary/aromatic N) is 3. The van der Waals surface area contributed by atoms with Gasteiger partial charge in [0.2, 0.25) is 0 Å². The molecule has 0 radical (unpaired) electrons. The first-order valence-electron chi connectivity index (χ1n) is 7.24. The van der Waals surface area contributed by atoms with Crippen molar-refractivity contribution in [2.45, 2.75) is 52.7 Å². The molecule has 2 rings (SSSR count). The van der Waals surface area contributed by atoms with Crippen LogP contribution < -0.4 is 0 Å². The Labute approximate surface area is 120 Å². The molecule has 5 nitrogen and oxygen atoms in total. The molecule has 1 fully saturated rings. The lowest BCUT2D eigenvalue weighted by atomic mass is 10.0. The lowest BCUT2D eigenvalue weighted by Gasteiger charge is -2.21. The molecular weight excluding hydrogens is 254 g/mol. The van der Waals surface area contributed by atoms with Crippen LogP contribution in [0.1, 0.15) is 50.3 Å². The SMILES string of the molecule is Cc1cc(C(=O)N2CCC(C(C)O)C2)nn1C(C)(C)C. The van der Waals surface area contributed by atoms with Crippen LogP contribution in [0.2, 0.25) is 0 Å². The van der Waals surface area contributed by atoms with Gasteiger partial charge < -0.3 is 10.0 Å². The Morgan fingerprint density at radius 2 is 2.15 bits per heavy atom. The highest BCUT2D eigenvalue weighted by Gasteiger charge is 2.31. The molecule has 1 amide bonds. The Bertz CT molecular complexity index is 500. The number of carbonyl (C=O) groups excluding carboxylic acids is 1. The van der Waals surface area contributed by atoms with Crippen molar-refractivity contribution in [3.8, 4) is 0 Å². The van der Waals surface area contributed by atoms with E-state index < -0.39 is 0 Å². The minimum Gasteiger partial charge on any atom is -0.393 e. The molecule has 2 heterocycles. The van der Waals surface area contributed by atoms with Crippen LogP contribution in [0.5, 0.6) is 0 Å². The molecule has 1 aliphatic heterocycles. The van der Waals surface area contributed by atoms with Crippen molar-refractivity contribution >= 4 is 5.91 Å². The van der Waals surface area contributed by atoms with Gasteiger partial charge in [-0.3, -0.25) is 9.48 Å². The van der Waals surface area contributed by atoms with Crippen LogP contribution in [0, 0.1) is 12.8 Å². The molecule has 1 N–H and O–H groups in total. The summed E-state index contributed by atoms with van der Waals surface area (Å²) in [5, 5.41) is 14.1. The van der Waals surface area contributed by atoms with Crippen molar-refractivity contribution in [1.82, 2.24) is 14.7 Å². The van der Waals surface area contributed by atoms with Gasteiger partial charge in [-0.25, -0.2) is 0 Å². The quantitative estimate of drug-likeness (QED) is 0.898. The molecule has 1 aromatic rings. The fraction of sp³-hybridized carbons (Fsp3) is 0.733. The van der Waals surface area contributed by atoms with E-state index in [0.717, 1.165) is 12.1 Å². The monoisotopic (exact) mass is 279 g/mol. The number of amides is 1. The normalized spacial score (nSPS) is 21.3. The third-order valence-electron chi connectivity index (χ3n) is 3.94. The molecule has 112 valence electrons. The highest BCUT2D eigenvalue weighted by atomic mass is 16.3. The second kappa shape index (κ2) is 5.20. The molecule has 20 heavy (non-hydrogen) atoms. The van der Waals surface area contributed by atoms with Crippen molar-refractivity contribution < 1.29 is 9.90 Å². The Balaban J connectivity index is 2.15. The van der Waals surface area contributed by atoms with Crippen LogP contribution in [-0.4, -0.2) is 44.9 Å². The first kappa shape index (κ1) is 15.0. The number of aryl methyl sites for hydroxylation is 1. The second-order valence-corrected chi connectivity index (χ2v) is 6.79. The zero-order valence-electron chi connectivity index (χ0n) is 13.1. The fourth-order valence-corrected chi connectivity index (χ4v) is 2.79. The summed E-state index contributed by atoms with van der Waals surface area (Å²) in [6.45, 7) is 11.3. The number of aromatic nitrogens is 2. The van der Waals surface area contributed by atoms with Gasteiger partial charge in [0.15, 0.2) is 5.69 Å². The molecule has 1 saturated heterocycles. The molecule has 2 atom stereocenters. The topological polar surface area (TPSA) is 58.4 Å². The fourth-order valence-electron chi connectivity index (χ4n) is 2.79. The summed E-state index contributed by atoms with van der Waals surface area (Å²) in [6, 6.07) is 1.85. The van der Waals surface area contributed by atoms with Crippen LogP contribution in [0.3, 0.4) is 0 Å². The van der Waals surface area contributed by atoms with Gasteiger partial charge in [-0.15, -0.1) is 0 Å². The average molecular weight is 279 g/mol. The van der Waals surface area contributed by atoms with Crippen LogP contribution in [0.15, 0.2) is 6.07 Å². The predicted octanol–water partition coefficient (Wildman–Crippen LogP) is 1.79. The molecule has 5 heteroatoms. The Hall–Kier alpha value is -1.36. The van der Waals surface area contributed by atoms with E-state index in [-0.39, 0.29) is 23.5 Å². The number of aliphatic hydroxyl groups excluding tert-OH is 1.